The number of aliphatic imine (C=N–C) groups is 1. The number of hydrogen-bond donors (Lipinski definition) is 1. The predicted octanol–water partition coefficient (Wildman–Crippen LogP) is 8.04. The van der Waals surface area contributed by atoms with Crippen LogP contribution in [0.25, 0.3) is 11.1 Å². The maximum atomic E-state index is 4.80. The Kier molecular flexibility index (Phi) is 10.8. The summed E-state index contributed by atoms with van der Waals surface area (Å²) >= 11 is 0. The SMILES string of the molecule is C=C/C=C(\C=N/CNC/C=C\C=C/C(=C)c1ccccc1)c1ccc(N2/C=C\C=C/C(=C)C3(C=CC=CC3)C2)nc1. The summed E-state index contributed by atoms with van der Waals surface area (Å²) in [6, 6.07) is 14.3. The van der Waals surface area contributed by atoms with Gasteiger partial charge in [-0.15, -0.1) is 0 Å². The van der Waals surface area contributed by atoms with Gasteiger partial charge in [0.15, 0.2) is 0 Å². The normalized spacial score (nSPS) is 20.6. The van der Waals surface area contributed by atoms with Crippen LogP contribution in [0.3, 0.4) is 0 Å². The molecule has 0 radical (unpaired) electrons. The van der Waals surface area contributed by atoms with E-state index in [4.69, 9.17) is 4.98 Å². The van der Waals surface area contributed by atoms with Gasteiger partial charge in [0.05, 0.1) is 6.67 Å². The number of anilines is 1. The molecule has 1 aromatic carbocycles. The van der Waals surface area contributed by atoms with Crippen molar-refractivity contribution in [1.29, 1.82) is 0 Å². The van der Waals surface area contributed by atoms with Crippen molar-refractivity contribution in [2.75, 3.05) is 24.7 Å². The highest BCUT2D eigenvalue weighted by atomic mass is 15.2. The Morgan fingerprint density at radius 1 is 1.05 bits per heavy atom. The molecule has 4 rings (SSSR count). The maximum absolute atomic E-state index is 4.80. The van der Waals surface area contributed by atoms with Crippen LogP contribution in [0.4, 0.5) is 5.82 Å². The van der Waals surface area contributed by atoms with Gasteiger partial charge in [-0.2, -0.15) is 0 Å². The van der Waals surface area contributed by atoms with E-state index >= 15 is 0 Å². The van der Waals surface area contributed by atoms with Crippen molar-refractivity contribution in [3.63, 3.8) is 0 Å². The van der Waals surface area contributed by atoms with Gasteiger partial charge in [-0.05, 0) is 41.3 Å². The Morgan fingerprint density at radius 2 is 1.93 bits per heavy atom. The molecule has 0 amide bonds. The van der Waals surface area contributed by atoms with E-state index in [2.05, 4.69) is 102 Å². The molecule has 0 saturated heterocycles. The fraction of sp³-hybridized carbons (Fsp3) is 0.135. The number of nitrogens with zero attached hydrogens (tertiary/aromatic N) is 3. The monoisotopic (exact) mass is 538 g/mol. The molecule has 2 aromatic rings. The van der Waals surface area contributed by atoms with Gasteiger partial charge in [0.1, 0.15) is 5.82 Å². The lowest BCUT2D eigenvalue weighted by molar-refractivity contribution is 0.479. The van der Waals surface area contributed by atoms with E-state index in [1.807, 2.05) is 67.1 Å². The molecule has 1 unspecified atom stereocenters. The average molecular weight is 539 g/mol. The smallest absolute Gasteiger partial charge is 0.132 e. The van der Waals surface area contributed by atoms with E-state index in [-0.39, 0.29) is 5.41 Å². The summed E-state index contributed by atoms with van der Waals surface area (Å²) in [6.07, 6.45) is 33.4. The lowest BCUT2D eigenvalue weighted by atomic mass is 9.74. The molecule has 206 valence electrons. The number of pyridine rings is 1. The molecule has 0 saturated carbocycles. The van der Waals surface area contributed by atoms with Crippen LogP contribution in [0.2, 0.25) is 0 Å². The van der Waals surface area contributed by atoms with Crippen molar-refractivity contribution in [2.24, 2.45) is 10.4 Å². The van der Waals surface area contributed by atoms with Crippen LogP contribution < -0.4 is 10.2 Å². The summed E-state index contributed by atoms with van der Waals surface area (Å²) in [5.41, 5.74) is 5.00. The highest BCUT2D eigenvalue weighted by Crippen LogP contribution is 2.38. The Hall–Kier alpha value is -4.80. The van der Waals surface area contributed by atoms with Gasteiger partial charge in [0.25, 0.3) is 0 Å². The van der Waals surface area contributed by atoms with Crippen LogP contribution in [0, 0.1) is 5.41 Å². The minimum atomic E-state index is -0.147. The molecule has 1 spiro atoms. The third kappa shape index (κ3) is 8.34. The maximum Gasteiger partial charge on any atom is 0.132 e. The predicted molar refractivity (Wildman–Crippen MR) is 178 cm³/mol. The fourth-order valence-corrected chi connectivity index (χ4v) is 4.62. The quantitative estimate of drug-likeness (QED) is 0.179. The topological polar surface area (TPSA) is 40.5 Å². The fourth-order valence-electron chi connectivity index (χ4n) is 4.62. The molecule has 41 heavy (non-hydrogen) atoms. The lowest BCUT2D eigenvalue weighted by Crippen LogP contribution is -2.36. The zero-order chi connectivity index (χ0) is 28.8. The molecule has 2 heterocycles. The molecule has 1 aliphatic heterocycles. The van der Waals surface area contributed by atoms with Crippen LogP contribution in [-0.4, -0.2) is 31.0 Å². The van der Waals surface area contributed by atoms with Crippen LogP contribution >= 0.6 is 0 Å². The van der Waals surface area contributed by atoms with Crippen LogP contribution in [0.5, 0.6) is 0 Å². The Labute approximate surface area is 244 Å². The molecule has 0 fully saturated rings. The molecular formula is C37H38N4. The molecule has 1 aliphatic carbocycles. The molecule has 2 aliphatic rings. The highest BCUT2D eigenvalue weighted by molar-refractivity contribution is 6.10. The van der Waals surface area contributed by atoms with E-state index < -0.39 is 0 Å². The summed E-state index contributed by atoms with van der Waals surface area (Å²) in [5.74, 6) is 0.889. The minimum Gasteiger partial charge on any atom is -0.332 e. The van der Waals surface area contributed by atoms with Crippen LogP contribution in [0.15, 0.2) is 164 Å². The summed E-state index contributed by atoms with van der Waals surface area (Å²) < 4.78 is 0. The number of benzene rings is 1. The van der Waals surface area contributed by atoms with Gasteiger partial charge in [0, 0.05) is 48.3 Å². The van der Waals surface area contributed by atoms with Gasteiger partial charge in [-0.25, -0.2) is 4.98 Å². The molecular weight excluding hydrogens is 500 g/mol. The van der Waals surface area contributed by atoms with Crippen molar-refractivity contribution in [3.05, 3.63) is 170 Å². The number of aromatic nitrogens is 1. The second kappa shape index (κ2) is 15.1. The Balaban J connectivity index is 1.31. The minimum absolute atomic E-state index is 0.147. The van der Waals surface area contributed by atoms with Crippen molar-refractivity contribution in [2.45, 2.75) is 6.42 Å². The summed E-state index contributed by atoms with van der Waals surface area (Å²) in [7, 11) is 0. The van der Waals surface area contributed by atoms with E-state index in [0.29, 0.717) is 13.2 Å². The zero-order valence-electron chi connectivity index (χ0n) is 23.6. The highest BCUT2D eigenvalue weighted by Gasteiger charge is 2.32. The van der Waals surface area contributed by atoms with Gasteiger partial charge < -0.3 is 4.90 Å². The first-order chi connectivity index (χ1) is 20.1. The second-order valence-electron chi connectivity index (χ2n) is 9.87. The molecule has 0 bridgehead atoms. The number of nitrogens with one attached hydrogen (secondary N) is 1. The first-order valence-corrected chi connectivity index (χ1v) is 13.8. The first-order valence-electron chi connectivity index (χ1n) is 13.8. The van der Waals surface area contributed by atoms with E-state index in [1.165, 1.54) is 0 Å². The number of rotatable bonds is 11. The number of hydrogen-bond acceptors (Lipinski definition) is 4. The average Bonchev–Trinajstić information content (AvgIpc) is 3.01. The molecule has 1 aromatic heterocycles. The van der Waals surface area contributed by atoms with Gasteiger partial charge in [0.2, 0.25) is 0 Å². The van der Waals surface area contributed by atoms with E-state index in [9.17, 15) is 0 Å². The largest absolute Gasteiger partial charge is 0.332 e. The lowest BCUT2D eigenvalue weighted by Gasteiger charge is -2.37. The Bertz CT molecular complexity index is 1450. The van der Waals surface area contributed by atoms with E-state index in [1.54, 1.807) is 6.08 Å². The van der Waals surface area contributed by atoms with Gasteiger partial charge in [-0.3, -0.25) is 10.3 Å². The number of allylic oxidation sites excluding steroid dienone is 13. The standard InChI is InChI=1S/C37H38N4/c1-4-16-34(27-39-30-38-25-14-6-8-17-31(2)33-19-9-5-10-20-33)35-21-22-36(40-28-35)41-26-15-11-18-32(3)37(29-41)23-12-7-13-24-37/h4-23,26-28,38H,1-3,24-25,29-30H2/b14-6-,17-8-,18-11-,26-15-,34-16+,39-27-. The molecule has 1 atom stereocenters. The van der Waals surface area contributed by atoms with Crippen molar-refractivity contribution in [3.8, 4) is 0 Å². The van der Waals surface area contributed by atoms with Gasteiger partial charge >= 0.3 is 0 Å². The second-order valence-corrected chi connectivity index (χ2v) is 9.87. The van der Waals surface area contributed by atoms with Crippen LogP contribution in [-0.2, 0) is 0 Å². The molecule has 4 nitrogen and oxygen atoms in total. The van der Waals surface area contributed by atoms with Crippen molar-refractivity contribution >= 4 is 23.2 Å². The van der Waals surface area contributed by atoms with E-state index in [0.717, 1.165) is 46.6 Å². The van der Waals surface area contributed by atoms with Crippen molar-refractivity contribution in [1.82, 2.24) is 10.3 Å². The first kappa shape index (κ1) is 29.2. The summed E-state index contributed by atoms with van der Waals surface area (Å²) in [5, 5.41) is 3.30. The molecule has 4 heteroatoms. The van der Waals surface area contributed by atoms with Gasteiger partial charge in [-0.1, -0.05) is 123 Å². The van der Waals surface area contributed by atoms with Crippen LogP contribution in [0.1, 0.15) is 17.5 Å². The summed E-state index contributed by atoms with van der Waals surface area (Å²) in [4.78, 5) is 11.5. The third-order valence-electron chi connectivity index (χ3n) is 6.97. The summed E-state index contributed by atoms with van der Waals surface area (Å²) in [6.45, 7) is 14.3. The van der Waals surface area contributed by atoms with Crippen molar-refractivity contribution < 1.29 is 0 Å². The molecule has 1 N–H and O–H groups in total. The zero-order valence-corrected chi connectivity index (χ0v) is 23.6. The Morgan fingerprint density at radius 3 is 2.68 bits per heavy atom. The third-order valence-corrected chi connectivity index (χ3v) is 6.97.